The van der Waals surface area contributed by atoms with Crippen molar-refractivity contribution in [3.63, 3.8) is 0 Å². The molecule has 26 heavy (non-hydrogen) atoms. The highest BCUT2D eigenvalue weighted by Gasteiger charge is 2.30. The molecular formula is C21H31N3O2. The number of benzene rings is 1. The molecule has 1 aromatic carbocycles. The number of rotatable bonds is 3. The second-order valence-electron chi connectivity index (χ2n) is 7.74. The molecule has 0 aromatic heterocycles. The first-order chi connectivity index (χ1) is 12.5. The molecule has 1 atom stereocenters. The van der Waals surface area contributed by atoms with Crippen molar-refractivity contribution in [2.24, 2.45) is 5.92 Å². The molecule has 0 aliphatic carbocycles. The Bertz CT molecular complexity index is 665. The highest BCUT2D eigenvalue weighted by atomic mass is 16.2. The molecule has 142 valence electrons. The first-order valence-corrected chi connectivity index (χ1v) is 9.81. The maximum absolute atomic E-state index is 12.7. The van der Waals surface area contributed by atoms with Crippen LogP contribution in [0.25, 0.3) is 0 Å². The molecule has 0 saturated carbocycles. The first-order valence-electron chi connectivity index (χ1n) is 9.81. The quantitative estimate of drug-likeness (QED) is 0.835. The summed E-state index contributed by atoms with van der Waals surface area (Å²) in [7, 11) is 1.86. The molecule has 3 rings (SSSR count). The Balaban J connectivity index is 1.56. The van der Waals surface area contributed by atoms with Crippen LogP contribution in [0.5, 0.6) is 0 Å². The maximum Gasteiger partial charge on any atom is 0.225 e. The zero-order chi connectivity index (χ0) is 18.7. The molecule has 0 N–H and O–H groups in total. The highest BCUT2D eigenvalue weighted by molar-refractivity contribution is 5.86. The van der Waals surface area contributed by atoms with Crippen molar-refractivity contribution in [3.8, 4) is 0 Å². The Labute approximate surface area is 156 Å². The van der Waals surface area contributed by atoms with Crippen LogP contribution >= 0.6 is 0 Å². The van der Waals surface area contributed by atoms with Gasteiger partial charge in [0.15, 0.2) is 0 Å². The van der Waals surface area contributed by atoms with E-state index in [9.17, 15) is 9.59 Å². The van der Waals surface area contributed by atoms with Gasteiger partial charge in [-0.2, -0.15) is 0 Å². The third-order valence-corrected chi connectivity index (χ3v) is 5.99. The zero-order valence-electron chi connectivity index (χ0n) is 16.3. The first kappa shape index (κ1) is 18.7. The van der Waals surface area contributed by atoms with Crippen molar-refractivity contribution in [3.05, 3.63) is 29.3 Å². The molecular weight excluding hydrogens is 326 g/mol. The Morgan fingerprint density at radius 1 is 1.08 bits per heavy atom. The molecule has 2 aliphatic heterocycles. The van der Waals surface area contributed by atoms with Crippen molar-refractivity contribution in [1.82, 2.24) is 9.80 Å². The summed E-state index contributed by atoms with van der Waals surface area (Å²) in [5.41, 5.74) is 3.90. The van der Waals surface area contributed by atoms with Crippen LogP contribution in [0.15, 0.2) is 18.2 Å². The Kier molecular flexibility index (Phi) is 5.84. The lowest BCUT2D eigenvalue weighted by atomic mass is 9.97. The van der Waals surface area contributed by atoms with Crippen LogP contribution in [0.4, 0.5) is 5.69 Å². The second kappa shape index (κ2) is 8.11. The molecule has 0 spiro atoms. The fourth-order valence-corrected chi connectivity index (χ4v) is 4.09. The van der Waals surface area contributed by atoms with Gasteiger partial charge in [-0.15, -0.1) is 0 Å². The normalized spacial score (nSPS) is 21.7. The Hall–Kier alpha value is -2.04. The van der Waals surface area contributed by atoms with Gasteiger partial charge >= 0.3 is 0 Å². The van der Waals surface area contributed by atoms with E-state index >= 15 is 0 Å². The minimum absolute atomic E-state index is 0.132. The lowest BCUT2D eigenvalue weighted by molar-refractivity contribution is -0.140. The van der Waals surface area contributed by atoms with Gasteiger partial charge in [0.2, 0.25) is 11.8 Å². The van der Waals surface area contributed by atoms with Gasteiger partial charge in [-0.05, 0) is 43.9 Å². The van der Waals surface area contributed by atoms with E-state index in [4.69, 9.17) is 0 Å². The van der Waals surface area contributed by atoms with Gasteiger partial charge in [0.25, 0.3) is 0 Å². The van der Waals surface area contributed by atoms with Crippen LogP contribution < -0.4 is 4.90 Å². The molecule has 2 amide bonds. The average Bonchev–Trinajstić information content (AvgIpc) is 2.80. The van der Waals surface area contributed by atoms with E-state index in [0.29, 0.717) is 6.42 Å². The number of piperazine rings is 1. The number of hydrogen-bond acceptors (Lipinski definition) is 3. The smallest absolute Gasteiger partial charge is 0.225 e. The average molecular weight is 357 g/mol. The van der Waals surface area contributed by atoms with Crippen LogP contribution in [0.3, 0.4) is 0 Å². The third-order valence-electron chi connectivity index (χ3n) is 5.99. The number of amides is 2. The SMILES string of the molecule is Cc1cccc(N2CCN(C(=O)C[C@H]3CCCCN(C)C3=O)CC2)c1C. The lowest BCUT2D eigenvalue weighted by Crippen LogP contribution is -2.49. The van der Waals surface area contributed by atoms with E-state index in [1.807, 2.05) is 11.9 Å². The van der Waals surface area contributed by atoms with Gasteiger partial charge in [0, 0.05) is 57.8 Å². The fraction of sp³-hybridized carbons (Fsp3) is 0.619. The standard InChI is InChI=1S/C21H31N3O2/c1-16-7-6-9-19(17(16)2)23-11-13-24(14-12-23)20(25)15-18-8-4-5-10-22(3)21(18)26/h6-7,9,18H,4-5,8,10-15H2,1-3H3/t18-/m1/s1. The molecule has 1 aromatic rings. The van der Waals surface area contributed by atoms with E-state index < -0.39 is 0 Å². The number of hydrogen-bond donors (Lipinski definition) is 0. The van der Waals surface area contributed by atoms with E-state index in [1.165, 1.54) is 16.8 Å². The van der Waals surface area contributed by atoms with E-state index in [2.05, 4.69) is 36.9 Å². The highest BCUT2D eigenvalue weighted by Crippen LogP contribution is 2.25. The summed E-state index contributed by atoms with van der Waals surface area (Å²) in [4.78, 5) is 31.3. The Morgan fingerprint density at radius 2 is 1.81 bits per heavy atom. The second-order valence-corrected chi connectivity index (χ2v) is 7.74. The van der Waals surface area contributed by atoms with Gasteiger partial charge in [-0.1, -0.05) is 18.6 Å². The monoisotopic (exact) mass is 357 g/mol. The number of anilines is 1. The van der Waals surface area contributed by atoms with Gasteiger partial charge in [-0.3, -0.25) is 9.59 Å². The summed E-state index contributed by atoms with van der Waals surface area (Å²) >= 11 is 0. The topological polar surface area (TPSA) is 43.9 Å². The molecule has 5 heteroatoms. The van der Waals surface area contributed by atoms with E-state index in [-0.39, 0.29) is 17.7 Å². The zero-order valence-corrected chi connectivity index (χ0v) is 16.3. The van der Waals surface area contributed by atoms with Crippen molar-refractivity contribution in [1.29, 1.82) is 0 Å². The van der Waals surface area contributed by atoms with Crippen LogP contribution in [0.2, 0.25) is 0 Å². The molecule has 2 fully saturated rings. The lowest BCUT2D eigenvalue weighted by Gasteiger charge is -2.37. The van der Waals surface area contributed by atoms with E-state index in [1.54, 1.807) is 4.90 Å². The van der Waals surface area contributed by atoms with Crippen molar-refractivity contribution in [2.45, 2.75) is 39.5 Å². The van der Waals surface area contributed by atoms with E-state index in [0.717, 1.165) is 52.0 Å². The molecule has 5 nitrogen and oxygen atoms in total. The number of nitrogens with zero attached hydrogens (tertiary/aromatic N) is 3. The summed E-state index contributed by atoms with van der Waals surface area (Å²) in [5, 5.41) is 0. The summed E-state index contributed by atoms with van der Waals surface area (Å²) < 4.78 is 0. The summed E-state index contributed by atoms with van der Waals surface area (Å²) in [5.74, 6) is 0.149. The van der Waals surface area contributed by atoms with Crippen LogP contribution in [-0.4, -0.2) is 61.4 Å². The van der Waals surface area contributed by atoms with Crippen molar-refractivity contribution >= 4 is 17.5 Å². The van der Waals surface area contributed by atoms with Gasteiger partial charge in [-0.25, -0.2) is 0 Å². The number of carbonyl (C=O) groups is 2. The van der Waals surface area contributed by atoms with Crippen LogP contribution in [0, 0.1) is 19.8 Å². The minimum atomic E-state index is -0.132. The number of carbonyl (C=O) groups excluding carboxylic acids is 2. The largest absolute Gasteiger partial charge is 0.368 e. The van der Waals surface area contributed by atoms with Gasteiger partial charge in [0.1, 0.15) is 0 Å². The number of aryl methyl sites for hydroxylation is 1. The summed E-state index contributed by atoms with van der Waals surface area (Å²) in [6, 6.07) is 6.41. The molecule has 0 radical (unpaired) electrons. The number of likely N-dealkylation sites (tertiary alicyclic amines) is 1. The summed E-state index contributed by atoms with van der Waals surface area (Å²) in [6.45, 7) is 8.31. The minimum Gasteiger partial charge on any atom is -0.368 e. The molecule has 2 aliphatic rings. The molecule has 0 unspecified atom stereocenters. The van der Waals surface area contributed by atoms with Gasteiger partial charge < -0.3 is 14.7 Å². The summed E-state index contributed by atoms with van der Waals surface area (Å²) in [6.07, 6.45) is 3.29. The van der Waals surface area contributed by atoms with Crippen LogP contribution in [-0.2, 0) is 9.59 Å². The fourth-order valence-electron chi connectivity index (χ4n) is 4.09. The molecule has 0 bridgehead atoms. The van der Waals surface area contributed by atoms with Crippen LogP contribution in [0.1, 0.15) is 36.8 Å². The predicted octanol–water partition coefficient (Wildman–Crippen LogP) is 2.60. The maximum atomic E-state index is 12.7. The molecule has 2 heterocycles. The van der Waals surface area contributed by atoms with Crippen molar-refractivity contribution in [2.75, 3.05) is 44.7 Å². The Morgan fingerprint density at radius 3 is 2.54 bits per heavy atom. The van der Waals surface area contributed by atoms with Gasteiger partial charge in [0.05, 0.1) is 0 Å². The molecule has 2 saturated heterocycles. The van der Waals surface area contributed by atoms with Crippen molar-refractivity contribution < 1.29 is 9.59 Å². The third kappa shape index (κ3) is 4.02. The predicted molar refractivity (Wildman–Crippen MR) is 104 cm³/mol.